The van der Waals surface area contributed by atoms with Crippen molar-refractivity contribution in [1.29, 1.82) is 0 Å². The number of terminal acetylenes is 1. The molecule has 1 fully saturated rings. The molecule has 0 saturated carbocycles. The van der Waals surface area contributed by atoms with E-state index in [9.17, 15) is 14.4 Å². The maximum Gasteiger partial charge on any atom is 0.338 e. The molecule has 0 radical (unpaired) electrons. The highest BCUT2D eigenvalue weighted by Crippen LogP contribution is 2.23. The number of hydrogen-bond acceptors (Lipinski definition) is 7. The minimum atomic E-state index is -0.942. The smallest absolute Gasteiger partial charge is 0.338 e. The van der Waals surface area contributed by atoms with Gasteiger partial charge in [0.25, 0.3) is 5.91 Å². The fraction of sp³-hybridized carbons (Fsp3) is 0.467. The van der Waals surface area contributed by atoms with Crippen LogP contribution in [0.2, 0.25) is 0 Å². The summed E-state index contributed by atoms with van der Waals surface area (Å²) in [6.45, 7) is 1.91. The van der Waals surface area contributed by atoms with Crippen LogP contribution in [0.5, 0.6) is 0 Å². The van der Waals surface area contributed by atoms with Crippen LogP contribution < -0.4 is 10.6 Å². The maximum atomic E-state index is 12.2. The highest BCUT2D eigenvalue weighted by atomic mass is 32.1. The van der Waals surface area contributed by atoms with Crippen LogP contribution in [0.4, 0.5) is 0 Å². The van der Waals surface area contributed by atoms with Gasteiger partial charge >= 0.3 is 5.97 Å². The first-order valence-corrected chi connectivity index (χ1v) is 8.21. The van der Waals surface area contributed by atoms with Crippen molar-refractivity contribution in [3.63, 3.8) is 0 Å². The van der Waals surface area contributed by atoms with Gasteiger partial charge in [-0.3, -0.25) is 9.59 Å². The Labute approximate surface area is 142 Å². The van der Waals surface area contributed by atoms with E-state index in [4.69, 9.17) is 15.9 Å². The van der Waals surface area contributed by atoms with Gasteiger partial charge in [0.1, 0.15) is 6.04 Å². The van der Waals surface area contributed by atoms with Crippen molar-refractivity contribution in [2.75, 3.05) is 13.2 Å². The molecule has 1 aromatic rings. The predicted octanol–water partition coefficient (Wildman–Crippen LogP) is -0.750. The lowest BCUT2D eigenvalue weighted by Crippen LogP contribution is -2.49. The number of esters is 1. The van der Waals surface area contributed by atoms with Gasteiger partial charge in [0, 0.05) is 11.8 Å². The second kappa shape index (κ2) is 8.42. The monoisotopic (exact) mass is 351 g/mol. The molecule has 0 bridgehead atoms. The van der Waals surface area contributed by atoms with Crippen LogP contribution in [0.15, 0.2) is 10.9 Å². The van der Waals surface area contributed by atoms with E-state index in [1.54, 1.807) is 17.8 Å². The van der Waals surface area contributed by atoms with Crippen molar-refractivity contribution in [2.45, 2.75) is 31.6 Å². The highest BCUT2D eigenvalue weighted by Gasteiger charge is 2.52. The number of hydrogen-bond donors (Lipinski definition) is 2. The van der Waals surface area contributed by atoms with Crippen LogP contribution in [0.3, 0.4) is 0 Å². The number of aromatic nitrogens is 1. The third-order valence-electron chi connectivity index (χ3n) is 3.16. The summed E-state index contributed by atoms with van der Waals surface area (Å²) in [5, 5.41) is 6.86. The highest BCUT2D eigenvalue weighted by molar-refractivity contribution is 7.07. The number of epoxide rings is 1. The van der Waals surface area contributed by atoms with E-state index in [1.165, 1.54) is 11.3 Å². The quantitative estimate of drug-likeness (QED) is 0.362. The van der Waals surface area contributed by atoms with Gasteiger partial charge in [-0.1, -0.05) is 5.92 Å². The number of carbonyl (C=O) groups is 3. The average molecular weight is 351 g/mol. The maximum absolute atomic E-state index is 12.2. The summed E-state index contributed by atoms with van der Waals surface area (Å²) in [5.41, 5.74) is 2.30. The van der Waals surface area contributed by atoms with Crippen molar-refractivity contribution in [1.82, 2.24) is 15.6 Å². The topological polar surface area (TPSA) is 110 Å². The van der Waals surface area contributed by atoms with E-state index in [1.807, 2.05) is 0 Å². The molecule has 1 aromatic heterocycles. The Bertz CT molecular complexity index is 640. The molecule has 1 aliphatic heterocycles. The van der Waals surface area contributed by atoms with Crippen molar-refractivity contribution in [3.05, 3.63) is 16.6 Å². The van der Waals surface area contributed by atoms with E-state index >= 15 is 0 Å². The summed E-state index contributed by atoms with van der Waals surface area (Å²) < 4.78 is 9.81. The largest absolute Gasteiger partial charge is 0.464 e. The third-order valence-corrected chi connectivity index (χ3v) is 3.80. The molecule has 1 saturated heterocycles. The summed E-state index contributed by atoms with van der Waals surface area (Å²) in [7, 11) is 0. The van der Waals surface area contributed by atoms with Crippen LogP contribution in [0.25, 0.3) is 0 Å². The third kappa shape index (κ3) is 4.78. The number of ether oxygens (including phenoxy) is 2. The zero-order valence-corrected chi connectivity index (χ0v) is 13.8. The van der Waals surface area contributed by atoms with Crippen molar-refractivity contribution < 1.29 is 23.9 Å². The number of nitrogens with one attached hydrogen (secondary N) is 2. The van der Waals surface area contributed by atoms with Gasteiger partial charge in [-0.25, -0.2) is 9.78 Å². The van der Waals surface area contributed by atoms with Gasteiger partial charge in [-0.2, -0.15) is 0 Å². The number of rotatable bonds is 8. The zero-order chi connectivity index (χ0) is 17.5. The van der Waals surface area contributed by atoms with E-state index in [2.05, 4.69) is 21.5 Å². The summed E-state index contributed by atoms with van der Waals surface area (Å²) in [4.78, 5) is 39.9. The molecular weight excluding hydrogens is 334 g/mol. The van der Waals surface area contributed by atoms with Crippen molar-refractivity contribution in [2.24, 2.45) is 0 Å². The first kappa shape index (κ1) is 17.9. The molecular formula is C15H17N3O5S. The van der Waals surface area contributed by atoms with Crippen LogP contribution >= 0.6 is 11.3 Å². The van der Waals surface area contributed by atoms with Gasteiger partial charge in [-0.05, 0) is 6.92 Å². The van der Waals surface area contributed by atoms with Crippen molar-refractivity contribution in [3.8, 4) is 12.3 Å². The SMILES string of the molecule is C#CCNC(=O)[C@H](Cc1cscn1)NC(=O)[C@H]1O[C@@H]1C(=O)OCC. The summed E-state index contributed by atoms with van der Waals surface area (Å²) in [6.07, 6.45) is 3.47. The molecule has 24 heavy (non-hydrogen) atoms. The van der Waals surface area contributed by atoms with Crippen LogP contribution in [-0.2, 0) is 30.3 Å². The molecule has 2 N–H and O–H groups in total. The van der Waals surface area contributed by atoms with Crippen LogP contribution in [0.1, 0.15) is 12.6 Å². The molecule has 2 heterocycles. The molecule has 8 nitrogen and oxygen atoms in total. The lowest BCUT2D eigenvalue weighted by atomic mass is 10.1. The predicted molar refractivity (Wildman–Crippen MR) is 84.9 cm³/mol. The Morgan fingerprint density at radius 1 is 1.50 bits per heavy atom. The number of thiazole rings is 1. The van der Waals surface area contributed by atoms with E-state index in [0.717, 1.165) is 0 Å². The van der Waals surface area contributed by atoms with Crippen LogP contribution in [0, 0.1) is 12.3 Å². The fourth-order valence-electron chi connectivity index (χ4n) is 1.99. The normalized spacial score (nSPS) is 19.7. The summed E-state index contributed by atoms with van der Waals surface area (Å²) >= 11 is 1.38. The van der Waals surface area contributed by atoms with Crippen molar-refractivity contribution >= 4 is 29.1 Å². The minimum absolute atomic E-state index is 0.0493. The fourth-order valence-corrected chi connectivity index (χ4v) is 2.56. The number of nitrogens with zero attached hydrogens (tertiary/aromatic N) is 1. The first-order chi connectivity index (χ1) is 11.6. The molecule has 2 rings (SSSR count). The van der Waals surface area contributed by atoms with Gasteiger partial charge in [0.15, 0.2) is 12.2 Å². The number of carbonyl (C=O) groups excluding carboxylic acids is 3. The summed E-state index contributed by atoms with van der Waals surface area (Å²) in [6, 6.07) is -0.861. The molecule has 128 valence electrons. The van der Waals surface area contributed by atoms with Crippen LogP contribution in [-0.4, -0.2) is 54.2 Å². The van der Waals surface area contributed by atoms with E-state index in [-0.39, 0.29) is 19.6 Å². The Morgan fingerprint density at radius 2 is 2.29 bits per heavy atom. The van der Waals surface area contributed by atoms with Gasteiger partial charge in [0.2, 0.25) is 5.91 Å². The molecule has 0 aromatic carbocycles. The molecule has 0 aliphatic carbocycles. The Kier molecular flexibility index (Phi) is 6.28. The number of amides is 2. The molecule has 3 atom stereocenters. The second-order valence-electron chi connectivity index (χ2n) is 4.90. The molecule has 9 heteroatoms. The molecule has 0 unspecified atom stereocenters. The van der Waals surface area contributed by atoms with Gasteiger partial charge in [0.05, 0.1) is 24.4 Å². The lowest BCUT2D eigenvalue weighted by Gasteiger charge is -2.16. The summed E-state index contributed by atoms with van der Waals surface area (Å²) in [5.74, 6) is 0.721. The van der Waals surface area contributed by atoms with E-state index in [0.29, 0.717) is 5.69 Å². The molecule has 0 spiro atoms. The Morgan fingerprint density at radius 3 is 2.92 bits per heavy atom. The lowest BCUT2D eigenvalue weighted by molar-refractivity contribution is -0.144. The van der Waals surface area contributed by atoms with E-state index < -0.39 is 36.0 Å². The molecule has 2 amide bonds. The standard InChI is InChI=1S/C15H17N3O5S/c1-3-5-16-13(19)10(6-9-7-24-8-17-9)18-14(20)11-12(23-11)15(21)22-4-2/h1,7-8,10-12H,4-6H2,2H3,(H,16,19)(H,18,20)/t10-,11-,12-/m0/s1. The van der Waals surface area contributed by atoms with Gasteiger partial charge < -0.3 is 20.1 Å². The second-order valence-corrected chi connectivity index (χ2v) is 5.62. The minimum Gasteiger partial charge on any atom is -0.464 e. The molecule has 1 aliphatic rings. The Balaban J connectivity index is 1.95. The Hall–Kier alpha value is -2.44. The average Bonchev–Trinajstić information content (AvgIpc) is 3.22. The first-order valence-electron chi connectivity index (χ1n) is 7.27. The van der Waals surface area contributed by atoms with Gasteiger partial charge in [-0.15, -0.1) is 17.8 Å². The zero-order valence-electron chi connectivity index (χ0n) is 13.0.